The van der Waals surface area contributed by atoms with Gasteiger partial charge in [0.25, 0.3) is 0 Å². The van der Waals surface area contributed by atoms with Crippen LogP contribution in [0.5, 0.6) is 0 Å². The molecule has 0 fully saturated rings. The van der Waals surface area contributed by atoms with E-state index in [0.717, 1.165) is 19.3 Å². The maximum absolute atomic E-state index is 11.4. The van der Waals surface area contributed by atoms with Crippen molar-refractivity contribution < 1.29 is 19.4 Å². The molecule has 0 atom stereocenters. The molecule has 4 heteroatoms. The predicted molar refractivity (Wildman–Crippen MR) is 61.1 cm³/mol. The number of hydrogen-bond donors (Lipinski definition) is 1. The van der Waals surface area contributed by atoms with Crippen molar-refractivity contribution in [1.29, 1.82) is 0 Å². The van der Waals surface area contributed by atoms with E-state index in [1.165, 1.54) is 0 Å². The summed E-state index contributed by atoms with van der Waals surface area (Å²) in [4.78, 5) is 22.3. The van der Waals surface area contributed by atoms with Gasteiger partial charge in [0, 0.05) is 0 Å². The zero-order valence-electron chi connectivity index (χ0n) is 10.2. The van der Waals surface area contributed by atoms with E-state index in [0.29, 0.717) is 12.0 Å². The van der Waals surface area contributed by atoms with Crippen LogP contribution in [0.1, 0.15) is 46.5 Å². The van der Waals surface area contributed by atoms with Crippen molar-refractivity contribution in [3.05, 3.63) is 11.1 Å². The zero-order valence-corrected chi connectivity index (χ0v) is 10.2. The van der Waals surface area contributed by atoms with Crippen molar-refractivity contribution in [2.75, 3.05) is 6.61 Å². The molecule has 1 N–H and O–H groups in total. The highest BCUT2D eigenvalue weighted by atomic mass is 16.5. The summed E-state index contributed by atoms with van der Waals surface area (Å²) >= 11 is 0. The number of ether oxygens (including phenoxy) is 1. The van der Waals surface area contributed by atoms with E-state index in [9.17, 15) is 9.59 Å². The lowest BCUT2D eigenvalue weighted by molar-refractivity contribution is -0.144. The number of unbranched alkanes of at least 4 members (excludes halogenated alkanes) is 2. The third kappa shape index (κ3) is 4.96. The first-order chi connectivity index (χ1) is 7.54. The maximum Gasteiger partial charge on any atom is 0.345 e. The first-order valence-corrected chi connectivity index (χ1v) is 5.64. The standard InChI is InChI=1S/C12H20O4/c1-4-6-7-8-9(3)10(11(13)14)12(15)16-5-2/h4-8H2,1-3H3,(H,13,14)/b10-9+. The summed E-state index contributed by atoms with van der Waals surface area (Å²) in [6, 6.07) is 0. The Labute approximate surface area is 96.3 Å². The second kappa shape index (κ2) is 7.91. The van der Waals surface area contributed by atoms with Crippen LogP contribution in [-0.4, -0.2) is 23.7 Å². The number of aliphatic carboxylic acids is 1. The average Bonchev–Trinajstić information content (AvgIpc) is 2.18. The first-order valence-electron chi connectivity index (χ1n) is 5.64. The monoisotopic (exact) mass is 228 g/mol. The second-order valence-corrected chi connectivity index (χ2v) is 3.64. The molecule has 16 heavy (non-hydrogen) atoms. The molecule has 0 saturated carbocycles. The molecule has 0 aliphatic rings. The molecular formula is C12H20O4. The summed E-state index contributed by atoms with van der Waals surface area (Å²) < 4.78 is 4.72. The minimum Gasteiger partial charge on any atom is -0.477 e. The molecule has 0 heterocycles. The van der Waals surface area contributed by atoms with Gasteiger partial charge in [-0.2, -0.15) is 0 Å². The quantitative estimate of drug-likeness (QED) is 0.239. The van der Waals surface area contributed by atoms with Gasteiger partial charge >= 0.3 is 11.9 Å². The molecule has 0 radical (unpaired) electrons. The van der Waals surface area contributed by atoms with Crippen molar-refractivity contribution in [1.82, 2.24) is 0 Å². The molecule has 92 valence electrons. The van der Waals surface area contributed by atoms with Gasteiger partial charge in [-0.3, -0.25) is 0 Å². The number of carboxylic acids is 1. The van der Waals surface area contributed by atoms with Crippen LogP contribution in [0.25, 0.3) is 0 Å². The van der Waals surface area contributed by atoms with E-state index < -0.39 is 11.9 Å². The minimum atomic E-state index is -1.20. The lowest BCUT2D eigenvalue weighted by atomic mass is 10.0. The third-order valence-corrected chi connectivity index (χ3v) is 2.28. The van der Waals surface area contributed by atoms with E-state index >= 15 is 0 Å². The summed E-state index contributed by atoms with van der Waals surface area (Å²) in [5.41, 5.74) is 0.386. The van der Waals surface area contributed by atoms with Crippen LogP contribution in [-0.2, 0) is 14.3 Å². The van der Waals surface area contributed by atoms with Gasteiger partial charge in [0.2, 0.25) is 0 Å². The summed E-state index contributed by atoms with van der Waals surface area (Å²) in [5, 5.41) is 8.94. The van der Waals surface area contributed by atoms with Gasteiger partial charge in [-0.1, -0.05) is 25.3 Å². The van der Waals surface area contributed by atoms with E-state index in [1.54, 1.807) is 13.8 Å². The van der Waals surface area contributed by atoms with Crippen LogP contribution >= 0.6 is 0 Å². The fraction of sp³-hybridized carbons (Fsp3) is 0.667. The molecule has 0 unspecified atom stereocenters. The average molecular weight is 228 g/mol. The summed E-state index contributed by atoms with van der Waals surface area (Å²) in [7, 11) is 0. The number of esters is 1. The van der Waals surface area contributed by atoms with Crippen molar-refractivity contribution >= 4 is 11.9 Å². The molecule has 0 aliphatic heterocycles. The molecule has 0 aromatic rings. The second-order valence-electron chi connectivity index (χ2n) is 3.64. The van der Waals surface area contributed by atoms with E-state index in [2.05, 4.69) is 6.92 Å². The van der Waals surface area contributed by atoms with Gasteiger partial charge in [-0.25, -0.2) is 9.59 Å². The van der Waals surface area contributed by atoms with Gasteiger partial charge in [-0.15, -0.1) is 0 Å². The number of allylic oxidation sites excluding steroid dienone is 1. The zero-order chi connectivity index (χ0) is 12.6. The van der Waals surface area contributed by atoms with Gasteiger partial charge in [0.15, 0.2) is 0 Å². The molecular weight excluding hydrogens is 208 g/mol. The smallest absolute Gasteiger partial charge is 0.345 e. The molecule has 0 amide bonds. The number of carbonyl (C=O) groups is 2. The van der Waals surface area contributed by atoms with Crippen molar-refractivity contribution in [2.45, 2.75) is 46.5 Å². The Morgan fingerprint density at radius 1 is 1.19 bits per heavy atom. The summed E-state index contributed by atoms with van der Waals surface area (Å²) in [6.07, 6.45) is 3.63. The molecule has 0 bridgehead atoms. The summed E-state index contributed by atoms with van der Waals surface area (Å²) in [6.45, 7) is 5.60. The van der Waals surface area contributed by atoms with E-state index in [4.69, 9.17) is 9.84 Å². The van der Waals surface area contributed by atoms with Gasteiger partial charge in [0.1, 0.15) is 5.57 Å². The largest absolute Gasteiger partial charge is 0.477 e. The Hall–Kier alpha value is -1.32. The number of hydrogen-bond acceptors (Lipinski definition) is 3. The minimum absolute atomic E-state index is 0.192. The highest BCUT2D eigenvalue weighted by molar-refractivity contribution is 6.13. The van der Waals surface area contributed by atoms with Crippen LogP contribution in [0.4, 0.5) is 0 Å². The normalized spacial score (nSPS) is 11.9. The van der Waals surface area contributed by atoms with Gasteiger partial charge < -0.3 is 9.84 Å². The summed E-state index contributed by atoms with van der Waals surface area (Å²) in [5.74, 6) is -1.93. The number of rotatable bonds is 7. The Balaban J connectivity index is 4.65. The van der Waals surface area contributed by atoms with Crippen LogP contribution in [0.2, 0.25) is 0 Å². The molecule has 0 saturated heterocycles. The van der Waals surface area contributed by atoms with Crippen LogP contribution in [0.3, 0.4) is 0 Å². The predicted octanol–water partition coefficient (Wildman–Crippen LogP) is 2.53. The fourth-order valence-corrected chi connectivity index (χ4v) is 1.41. The molecule has 0 aromatic heterocycles. The highest BCUT2D eigenvalue weighted by Gasteiger charge is 2.21. The Morgan fingerprint density at radius 2 is 1.81 bits per heavy atom. The van der Waals surface area contributed by atoms with Crippen molar-refractivity contribution in [3.63, 3.8) is 0 Å². The van der Waals surface area contributed by atoms with E-state index in [1.807, 2.05) is 0 Å². The van der Waals surface area contributed by atoms with Crippen LogP contribution in [0.15, 0.2) is 11.1 Å². The fourth-order valence-electron chi connectivity index (χ4n) is 1.41. The van der Waals surface area contributed by atoms with Crippen LogP contribution < -0.4 is 0 Å². The lowest BCUT2D eigenvalue weighted by Gasteiger charge is -2.07. The molecule has 0 aliphatic carbocycles. The molecule has 4 nitrogen and oxygen atoms in total. The third-order valence-electron chi connectivity index (χ3n) is 2.28. The van der Waals surface area contributed by atoms with Crippen molar-refractivity contribution in [2.24, 2.45) is 0 Å². The Bertz CT molecular complexity index is 279. The maximum atomic E-state index is 11.4. The highest BCUT2D eigenvalue weighted by Crippen LogP contribution is 2.14. The van der Waals surface area contributed by atoms with Gasteiger partial charge in [-0.05, 0) is 26.7 Å². The van der Waals surface area contributed by atoms with E-state index in [-0.39, 0.29) is 12.2 Å². The molecule has 0 aromatic carbocycles. The Morgan fingerprint density at radius 3 is 2.25 bits per heavy atom. The first kappa shape index (κ1) is 14.7. The number of carboxylic acid groups (broad SMARTS) is 1. The lowest BCUT2D eigenvalue weighted by Crippen LogP contribution is -2.17. The van der Waals surface area contributed by atoms with Gasteiger partial charge in [0.05, 0.1) is 6.61 Å². The number of carbonyl (C=O) groups excluding carboxylic acids is 1. The Kier molecular flexibility index (Phi) is 7.25. The molecule has 0 rings (SSSR count). The van der Waals surface area contributed by atoms with Crippen molar-refractivity contribution in [3.8, 4) is 0 Å². The van der Waals surface area contributed by atoms with Crippen LogP contribution in [0, 0.1) is 0 Å². The SMILES string of the molecule is CCCCC/C(C)=C(\C(=O)O)C(=O)OCC. The molecule has 0 spiro atoms. The topological polar surface area (TPSA) is 63.6 Å².